The first-order chi connectivity index (χ1) is 16.2. The van der Waals surface area contributed by atoms with E-state index in [-0.39, 0.29) is 12.2 Å². The lowest BCUT2D eigenvalue weighted by Crippen LogP contribution is -2.46. The summed E-state index contributed by atoms with van der Waals surface area (Å²) in [6.45, 7) is 5.22. The average Bonchev–Trinajstić information content (AvgIpc) is 2.78. The molecule has 0 fully saturated rings. The van der Waals surface area contributed by atoms with E-state index in [1.54, 1.807) is 45.0 Å². The van der Waals surface area contributed by atoms with Crippen LogP contribution in [0.3, 0.4) is 0 Å². The van der Waals surface area contributed by atoms with Gasteiger partial charge in [-0.3, -0.25) is 0 Å². The highest BCUT2D eigenvalue weighted by molar-refractivity contribution is 6.04. The molecule has 0 saturated heterocycles. The molecule has 1 amide bonds. The number of esters is 1. The van der Waals surface area contributed by atoms with Crippen LogP contribution in [-0.2, 0) is 16.0 Å². The fraction of sp³-hybridized carbons (Fsp3) is 0.222. The van der Waals surface area contributed by atoms with Gasteiger partial charge in [-0.05, 0) is 49.9 Å². The van der Waals surface area contributed by atoms with Gasteiger partial charge >= 0.3 is 17.7 Å². The molecule has 0 aliphatic rings. The topological polar surface area (TPSA) is 94.8 Å². The first-order valence-corrected chi connectivity index (χ1v) is 10.9. The molecular formula is C27H25NO6. The normalized spacial score (nSPS) is 12.3. The van der Waals surface area contributed by atoms with Crippen LogP contribution in [-0.4, -0.2) is 23.7 Å². The van der Waals surface area contributed by atoms with Gasteiger partial charge < -0.3 is 19.2 Å². The minimum absolute atomic E-state index is 0.194. The maximum Gasteiger partial charge on any atom is 0.408 e. The van der Waals surface area contributed by atoms with Crippen LogP contribution in [0.25, 0.3) is 21.7 Å². The van der Waals surface area contributed by atoms with Crippen molar-refractivity contribution in [2.75, 3.05) is 0 Å². The first kappa shape index (κ1) is 23.0. The lowest BCUT2D eigenvalue weighted by atomic mass is 10.1. The van der Waals surface area contributed by atoms with Crippen LogP contribution < -0.4 is 15.7 Å². The number of fused-ring (bicyclic) bond motifs is 3. The Morgan fingerprint density at radius 3 is 2.29 bits per heavy atom. The molecule has 1 N–H and O–H groups in total. The van der Waals surface area contributed by atoms with E-state index in [9.17, 15) is 14.4 Å². The first-order valence-electron chi connectivity index (χ1n) is 10.9. The molecule has 0 spiro atoms. The second-order valence-corrected chi connectivity index (χ2v) is 8.90. The number of carbonyl (C=O) groups excluding carboxylic acids is 2. The Labute approximate surface area is 196 Å². The molecule has 0 radical (unpaired) electrons. The summed E-state index contributed by atoms with van der Waals surface area (Å²) >= 11 is 0. The minimum Gasteiger partial charge on any atom is -0.444 e. The van der Waals surface area contributed by atoms with Crippen molar-refractivity contribution in [2.24, 2.45) is 0 Å². The fourth-order valence-electron chi connectivity index (χ4n) is 3.60. The van der Waals surface area contributed by atoms with E-state index in [4.69, 9.17) is 13.9 Å². The number of alkyl carbamates (subject to hydrolysis) is 1. The third-order valence-electron chi connectivity index (χ3n) is 5.07. The van der Waals surface area contributed by atoms with Crippen molar-refractivity contribution in [1.29, 1.82) is 0 Å². The van der Waals surface area contributed by atoms with Crippen molar-refractivity contribution in [1.82, 2.24) is 5.32 Å². The molecule has 0 aliphatic heterocycles. The predicted molar refractivity (Wildman–Crippen MR) is 129 cm³/mol. The van der Waals surface area contributed by atoms with Gasteiger partial charge in [-0.2, -0.15) is 0 Å². The summed E-state index contributed by atoms with van der Waals surface area (Å²) in [6, 6.07) is 20.3. The van der Waals surface area contributed by atoms with Crippen LogP contribution in [0.5, 0.6) is 5.75 Å². The molecule has 0 saturated carbocycles. The van der Waals surface area contributed by atoms with Crippen LogP contribution >= 0.6 is 0 Å². The van der Waals surface area contributed by atoms with E-state index < -0.39 is 29.3 Å². The molecule has 7 nitrogen and oxygen atoms in total. The summed E-state index contributed by atoms with van der Waals surface area (Å²) in [5.41, 5.74) is -0.0467. The number of benzene rings is 3. The van der Waals surface area contributed by atoms with Crippen LogP contribution in [0, 0.1) is 0 Å². The Bertz CT molecular complexity index is 1400. The summed E-state index contributed by atoms with van der Waals surface area (Å²) in [7, 11) is 0. The minimum atomic E-state index is -0.989. The highest BCUT2D eigenvalue weighted by Gasteiger charge is 2.26. The number of hydrogen-bond acceptors (Lipinski definition) is 6. The van der Waals surface area contributed by atoms with Crippen LogP contribution in [0.15, 0.2) is 82.0 Å². The Morgan fingerprint density at radius 1 is 0.912 bits per heavy atom. The summed E-state index contributed by atoms with van der Waals surface area (Å²) in [5, 5.41) is 4.55. The molecular weight excluding hydrogens is 434 g/mol. The van der Waals surface area contributed by atoms with Gasteiger partial charge in [0.1, 0.15) is 23.0 Å². The Morgan fingerprint density at radius 2 is 1.59 bits per heavy atom. The predicted octanol–water partition coefficient (Wildman–Crippen LogP) is 4.99. The zero-order chi connectivity index (χ0) is 24.3. The molecule has 0 bridgehead atoms. The number of amides is 1. The Balaban J connectivity index is 1.60. The lowest BCUT2D eigenvalue weighted by molar-refractivity contribution is -0.136. The van der Waals surface area contributed by atoms with E-state index in [1.807, 2.05) is 42.5 Å². The van der Waals surface area contributed by atoms with Crippen molar-refractivity contribution in [2.45, 2.75) is 38.8 Å². The molecule has 174 valence electrons. The van der Waals surface area contributed by atoms with E-state index in [1.165, 1.54) is 6.07 Å². The Hall–Kier alpha value is -4.13. The van der Waals surface area contributed by atoms with Gasteiger partial charge in [0, 0.05) is 17.9 Å². The van der Waals surface area contributed by atoms with Gasteiger partial charge in [0.15, 0.2) is 0 Å². The van der Waals surface area contributed by atoms with E-state index >= 15 is 0 Å². The number of ether oxygens (including phenoxy) is 2. The maximum atomic E-state index is 13.0. The average molecular weight is 459 g/mol. The SMILES string of the molecule is CC(C)(C)OC(=O)N[C@@H](Cc1ccccc1)C(=O)Oc1ccc2c(c1)oc(=O)c1ccccc12. The van der Waals surface area contributed by atoms with Gasteiger partial charge in [0.05, 0.1) is 5.39 Å². The van der Waals surface area contributed by atoms with Crippen molar-refractivity contribution >= 4 is 33.8 Å². The smallest absolute Gasteiger partial charge is 0.408 e. The molecule has 34 heavy (non-hydrogen) atoms. The standard InChI is InChI=1S/C27H25NO6/c1-27(2,3)34-26(31)28-22(15-17-9-5-4-6-10-17)25(30)32-18-13-14-20-19-11-7-8-12-21(19)24(29)33-23(20)16-18/h4-14,16,22H,15H2,1-3H3,(H,28,31)/t22-/m0/s1. The number of nitrogens with one attached hydrogen (secondary N) is 1. The second kappa shape index (κ2) is 9.39. The zero-order valence-corrected chi connectivity index (χ0v) is 19.2. The van der Waals surface area contributed by atoms with Gasteiger partial charge in [-0.1, -0.05) is 48.5 Å². The molecule has 1 heterocycles. The van der Waals surface area contributed by atoms with Crippen LogP contribution in [0.1, 0.15) is 26.3 Å². The summed E-state index contributed by atoms with van der Waals surface area (Å²) in [4.78, 5) is 37.7. The van der Waals surface area contributed by atoms with Crippen LogP contribution in [0.4, 0.5) is 4.79 Å². The highest BCUT2D eigenvalue weighted by atomic mass is 16.6. The molecule has 0 aliphatic carbocycles. The molecule has 1 atom stereocenters. The summed E-state index contributed by atoms with van der Waals surface area (Å²) in [5.74, 6) is -0.475. The van der Waals surface area contributed by atoms with Crippen molar-refractivity contribution in [3.63, 3.8) is 0 Å². The summed E-state index contributed by atoms with van der Waals surface area (Å²) < 4.78 is 16.3. The Kier molecular flexibility index (Phi) is 6.36. The molecule has 0 unspecified atom stereocenters. The molecule has 1 aromatic heterocycles. The quantitative estimate of drug-likeness (QED) is 0.196. The third-order valence-corrected chi connectivity index (χ3v) is 5.07. The van der Waals surface area contributed by atoms with Crippen molar-refractivity contribution in [3.8, 4) is 5.75 Å². The number of rotatable bonds is 5. The molecule has 4 aromatic rings. The molecule has 3 aromatic carbocycles. The van der Waals surface area contributed by atoms with Crippen molar-refractivity contribution < 1.29 is 23.5 Å². The fourth-order valence-corrected chi connectivity index (χ4v) is 3.60. The molecule has 4 rings (SSSR count). The van der Waals surface area contributed by atoms with E-state index in [0.717, 1.165) is 16.3 Å². The lowest BCUT2D eigenvalue weighted by Gasteiger charge is -2.23. The van der Waals surface area contributed by atoms with E-state index in [0.29, 0.717) is 11.0 Å². The van der Waals surface area contributed by atoms with Gasteiger partial charge in [0.2, 0.25) is 0 Å². The summed E-state index contributed by atoms with van der Waals surface area (Å²) in [6.07, 6.45) is -0.506. The van der Waals surface area contributed by atoms with E-state index in [2.05, 4.69) is 5.32 Å². The number of hydrogen-bond donors (Lipinski definition) is 1. The van der Waals surface area contributed by atoms with Crippen molar-refractivity contribution in [3.05, 3.63) is 88.8 Å². The van der Waals surface area contributed by atoms with Gasteiger partial charge in [-0.15, -0.1) is 0 Å². The number of carbonyl (C=O) groups is 2. The van der Waals surface area contributed by atoms with Gasteiger partial charge in [0.25, 0.3) is 0 Å². The third kappa shape index (κ3) is 5.43. The zero-order valence-electron chi connectivity index (χ0n) is 19.2. The maximum absolute atomic E-state index is 13.0. The van der Waals surface area contributed by atoms with Crippen LogP contribution in [0.2, 0.25) is 0 Å². The molecule has 7 heteroatoms. The largest absolute Gasteiger partial charge is 0.444 e. The second-order valence-electron chi connectivity index (χ2n) is 8.90. The van der Waals surface area contributed by atoms with Gasteiger partial charge in [-0.25, -0.2) is 14.4 Å². The monoisotopic (exact) mass is 459 g/mol. The highest BCUT2D eigenvalue weighted by Crippen LogP contribution is 2.26.